The van der Waals surface area contributed by atoms with Gasteiger partial charge in [-0.2, -0.15) is 0 Å². The fraction of sp³-hybridized carbons (Fsp3) is 0.280. The molecule has 0 bridgehead atoms. The second-order valence-corrected chi connectivity index (χ2v) is 8.72. The molecule has 31 heavy (non-hydrogen) atoms. The first-order valence-corrected chi connectivity index (χ1v) is 11.3. The monoisotopic (exact) mass is 434 g/mol. The number of hydrogen-bond acceptors (Lipinski definition) is 4. The normalized spacial score (nSPS) is 11.2. The Balaban J connectivity index is 1.86. The van der Waals surface area contributed by atoms with Gasteiger partial charge in [-0.1, -0.05) is 61.9 Å². The quantitative estimate of drug-likeness (QED) is 0.376. The van der Waals surface area contributed by atoms with Gasteiger partial charge >= 0.3 is 0 Å². The minimum absolute atomic E-state index is 0.136. The average molecular weight is 435 g/mol. The summed E-state index contributed by atoms with van der Waals surface area (Å²) >= 11 is 1.35. The summed E-state index contributed by atoms with van der Waals surface area (Å²) in [6.07, 6.45) is 1.83. The first-order chi connectivity index (χ1) is 15.0. The Kier molecular flexibility index (Phi) is 6.09. The lowest BCUT2D eigenvalue weighted by atomic mass is 10.1. The Hall–Kier alpha value is -3.12. The van der Waals surface area contributed by atoms with Gasteiger partial charge in [-0.05, 0) is 18.1 Å². The van der Waals surface area contributed by atoms with Crippen LogP contribution in [0.25, 0.3) is 21.0 Å². The van der Waals surface area contributed by atoms with E-state index in [4.69, 9.17) is 4.74 Å². The number of carbonyl (C=O) groups excluding carboxylic acids is 1. The molecule has 2 aromatic heterocycles. The summed E-state index contributed by atoms with van der Waals surface area (Å²) in [4.78, 5) is 28.9. The molecule has 0 N–H and O–H groups in total. The number of benzene rings is 2. The number of rotatable bonds is 7. The highest BCUT2D eigenvalue weighted by molar-refractivity contribution is 7.22. The molecular weight excluding hydrogens is 408 g/mol. The van der Waals surface area contributed by atoms with E-state index >= 15 is 0 Å². The summed E-state index contributed by atoms with van der Waals surface area (Å²) in [6, 6.07) is 17.7. The number of aromatic nitrogens is 1. The highest BCUT2D eigenvalue weighted by Crippen LogP contribution is 2.40. The van der Waals surface area contributed by atoms with E-state index in [9.17, 15) is 9.59 Å². The van der Waals surface area contributed by atoms with Gasteiger partial charge in [-0.3, -0.25) is 9.59 Å². The Morgan fingerprint density at radius 1 is 1.10 bits per heavy atom. The largest absolute Gasteiger partial charge is 0.491 e. The summed E-state index contributed by atoms with van der Waals surface area (Å²) in [6.45, 7) is 3.05. The van der Waals surface area contributed by atoms with E-state index in [2.05, 4.69) is 6.92 Å². The number of aryl methyl sites for hydroxylation is 1. The fourth-order valence-corrected chi connectivity index (χ4v) is 5.00. The van der Waals surface area contributed by atoms with Crippen molar-refractivity contribution in [2.75, 3.05) is 13.7 Å². The zero-order chi connectivity index (χ0) is 22.0. The molecule has 0 aliphatic carbocycles. The second-order valence-electron chi connectivity index (χ2n) is 7.69. The smallest absolute Gasteiger partial charge is 0.267 e. The SMILES string of the molecule is CCCCOc1c(C(=O)N(C)Cc2ccccc2)sc2c1c(=O)n(C)c1ccccc21. The molecule has 0 saturated heterocycles. The number of carbonyl (C=O) groups is 1. The maximum Gasteiger partial charge on any atom is 0.267 e. The summed E-state index contributed by atoms with van der Waals surface area (Å²) in [5.74, 6) is 0.285. The predicted molar refractivity (Wildman–Crippen MR) is 127 cm³/mol. The molecule has 1 amide bonds. The second kappa shape index (κ2) is 8.94. The van der Waals surface area contributed by atoms with Crippen molar-refractivity contribution in [2.24, 2.45) is 7.05 Å². The van der Waals surface area contributed by atoms with Gasteiger partial charge in [0, 0.05) is 26.0 Å². The number of fused-ring (bicyclic) bond motifs is 3. The van der Waals surface area contributed by atoms with Crippen molar-refractivity contribution in [1.82, 2.24) is 9.47 Å². The number of para-hydroxylation sites is 1. The first kappa shape index (κ1) is 21.1. The van der Waals surface area contributed by atoms with Gasteiger partial charge < -0.3 is 14.2 Å². The van der Waals surface area contributed by atoms with Gasteiger partial charge in [-0.15, -0.1) is 11.3 Å². The van der Waals surface area contributed by atoms with Crippen LogP contribution in [0.2, 0.25) is 0 Å². The first-order valence-electron chi connectivity index (χ1n) is 10.5. The fourth-order valence-electron chi connectivity index (χ4n) is 3.73. The standard InChI is InChI=1S/C25H26N2O3S/c1-4-5-15-30-21-20-22(18-13-9-10-14-19(18)27(3)24(20)28)31-23(21)25(29)26(2)16-17-11-7-6-8-12-17/h6-14H,4-5,15-16H2,1-3H3. The van der Waals surface area contributed by atoms with Crippen molar-refractivity contribution >= 4 is 38.2 Å². The van der Waals surface area contributed by atoms with E-state index in [0.717, 1.165) is 34.0 Å². The van der Waals surface area contributed by atoms with Crippen LogP contribution in [0.3, 0.4) is 0 Å². The van der Waals surface area contributed by atoms with Crippen LogP contribution in [0.15, 0.2) is 59.4 Å². The summed E-state index contributed by atoms with van der Waals surface area (Å²) < 4.78 is 8.53. The van der Waals surface area contributed by atoms with Crippen LogP contribution in [0.4, 0.5) is 0 Å². The molecule has 0 radical (unpaired) electrons. The summed E-state index contributed by atoms with van der Waals surface area (Å²) in [7, 11) is 3.55. The van der Waals surface area contributed by atoms with Crippen molar-refractivity contribution in [3.63, 3.8) is 0 Å². The zero-order valence-corrected chi connectivity index (χ0v) is 18.9. The van der Waals surface area contributed by atoms with E-state index in [0.29, 0.717) is 29.2 Å². The molecule has 0 aliphatic heterocycles. The molecule has 0 unspecified atom stereocenters. The molecule has 0 spiro atoms. The molecule has 2 heterocycles. The van der Waals surface area contributed by atoms with Gasteiger partial charge in [0.15, 0.2) is 5.75 Å². The van der Waals surface area contributed by atoms with Crippen LogP contribution in [-0.2, 0) is 13.6 Å². The van der Waals surface area contributed by atoms with Crippen molar-refractivity contribution < 1.29 is 9.53 Å². The third-order valence-electron chi connectivity index (χ3n) is 5.44. The third kappa shape index (κ3) is 3.95. The molecule has 6 heteroatoms. The van der Waals surface area contributed by atoms with Crippen LogP contribution < -0.4 is 10.3 Å². The number of unbranched alkanes of at least 4 members (excludes halogenated alkanes) is 1. The van der Waals surface area contributed by atoms with Crippen LogP contribution in [-0.4, -0.2) is 29.0 Å². The Bertz CT molecular complexity index is 1290. The minimum atomic E-state index is -0.138. The highest BCUT2D eigenvalue weighted by atomic mass is 32.1. The number of amides is 1. The molecule has 0 saturated carbocycles. The number of pyridine rings is 1. The van der Waals surface area contributed by atoms with Crippen LogP contribution in [0.1, 0.15) is 35.0 Å². The molecule has 160 valence electrons. The highest BCUT2D eigenvalue weighted by Gasteiger charge is 2.26. The summed E-state index contributed by atoms with van der Waals surface area (Å²) in [5.41, 5.74) is 1.76. The van der Waals surface area contributed by atoms with Crippen molar-refractivity contribution in [2.45, 2.75) is 26.3 Å². The minimum Gasteiger partial charge on any atom is -0.491 e. The molecule has 0 aliphatic rings. The number of ether oxygens (including phenoxy) is 1. The van der Waals surface area contributed by atoms with Gasteiger partial charge in [0.25, 0.3) is 11.5 Å². The Morgan fingerprint density at radius 2 is 1.81 bits per heavy atom. The Morgan fingerprint density at radius 3 is 2.55 bits per heavy atom. The van der Waals surface area contributed by atoms with E-state index in [1.165, 1.54) is 11.3 Å². The van der Waals surface area contributed by atoms with Crippen molar-refractivity contribution in [3.05, 3.63) is 75.4 Å². The van der Waals surface area contributed by atoms with E-state index < -0.39 is 0 Å². The molecular formula is C25H26N2O3S. The molecule has 0 fully saturated rings. The number of thiophene rings is 1. The van der Waals surface area contributed by atoms with Crippen molar-refractivity contribution in [3.8, 4) is 5.75 Å². The zero-order valence-electron chi connectivity index (χ0n) is 18.1. The van der Waals surface area contributed by atoms with Crippen molar-refractivity contribution in [1.29, 1.82) is 0 Å². The number of nitrogens with zero attached hydrogens (tertiary/aromatic N) is 2. The van der Waals surface area contributed by atoms with E-state index in [1.54, 1.807) is 23.6 Å². The van der Waals surface area contributed by atoms with Crippen LogP contribution in [0, 0.1) is 0 Å². The topological polar surface area (TPSA) is 51.5 Å². The lowest BCUT2D eigenvalue weighted by Crippen LogP contribution is -2.26. The Labute approximate surface area is 185 Å². The van der Waals surface area contributed by atoms with Gasteiger partial charge in [0.05, 0.1) is 16.8 Å². The lowest BCUT2D eigenvalue weighted by molar-refractivity contribution is 0.0786. The molecule has 2 aromatic carbocycles. The van der Waals surface area contributed by atoms with Crippen LogP contribution >= 0.6 is 11.3 Å². The van der Waals surface area contributed by atoms with E-state index in [1.807, 2.05) is 54.6 Å². The van der Waals surface area contributed by atoms with Crippen LogP contribution in [0.5, 0.6) is 5.75 Å². The predicted octanol–water partition coefficient (Wildman–Crippen LogP) is 5.20. The maximum absolute atomic E-state index is 13.5. The number of hydrogen-bond donors (Lipinski definition) is 0. The maximum atomic E-state index is 13.5. The van der Waals surface area contributed by atoms with Gasteiger partial charge in [0.1, 0.15) is 10.3 Å². The molecule has 0 atom stereocenters. The van der Waals surface area contributed by atoms with Gasteiger partial charge in [-0.25, -0.2) is 0 Å². The van der Waals surface area contributed by atoms with E-state index in [-0.39, 0.29) is 11.5 Å². The third-order valence-corrected chi connectivity index (χ3v) is 6.63. The summed E-state index contributed by atoms with van der Waals surface area (Å²) in [5, 5.41) is 1.45. The molecule has 4 aromatic rings. The lowest BCUT2D eigenvalue weighted by Gasteiger charge is -2.17. The molecule has 5 nitrogen and oxygen atoms in total. The molecule has 4 rings (SSSR count). The average Bonchev–Trinajstić information content (AvgIpc) is 3.17. The van der Waals surface area contributed by atoms with Gasteiger partial charge in [0.2, 0.25) is 0 Å².